The van der Waals surface area contributed by atoms with Crippen molar-refractivity contribution in [3.8, 4) is 11.8 Å². The van der Waals surface area contributed by atoms with Gasteiger partial charge in [-0.3, -0.25) is 4.79 Å². The number of amides is 1. The lowest BCUT2D eigenvalue weighted by Gasteiger charge is -2.28. The molecule has 0 fully saturated rings. The van der Waals surface area contributed by atoms with Gasteiger partial charge in [-0.25, -0.2) is 0 Å². The molecule has 0 spiro atoms. The number of rotatable bonds is 4. The molecule has 1 aromatic carbocycles. The van der Waals surface area contributed by atoms with Crippen molar-refractivity contribution >= 4 is 5.91 Å². The van der Waals surface area contributed by atoms with Crippen LogP contribution in [0.2, 0.25) is 0 Å². The molecule has 0 saturated heterocycles. The Bertz CT molecular complexity index is 562. The lowest BCUT2D eigenvalue weighted by Crippen LogP contribution is -2.42. The van der Waals surface area contributed by atoms with Crippen LogP contribution in [-0.2, 0) is 0 Å². The summed E-state index contributed by atoms with van der Waals surface area (Å²) in [5.41, 5.74) is 1.11. The summed E-state index contributed by atoms with van der Waals surface area (Å²) >= 11 is 0. The van der Waals surface area contributed by atoms with Crippen LogP contribution in [0.4, 0.5) is 0 Å². The maximum Gasteiger partial charge on any atom is 0.255 e. The zero-order valence-corrected chi connectivity index (χ0v) is 13.1. The van der Waals surface area contributed by atoms with Crippen LogP contribution in [0, 0.1) is 18.8 Å². The number of carbonyl (C=O) groups excluding carboxylic acids is 1. The molecule has 0 aliphatic heterocycles. The van der Waals surface area contributed by atoms with Crippen LogP contribution < -0.4 is 0 Å². The molecule has 0 aromatic heterocycles. The van der Waals surface area contributed by atoms with E-state index in [2.05, 4.69) is 11.8 Å². The van der Waals surface area contributed by atoms with Gasteiger partial charge in [-0.15, -0.1) is 0 Å². The van der Waals surface area contributed by atoms with E-state index in [9.17, 15) is 9.90 Å². The van der Waals surface area contributed by atoms with E-state index in [0.717, 1.165) is 5.56 Å². The predicted octanol–water partition coefficient (Wildman–Crippen LogP) is 1.57. The van der Waals surface area contributed by atoms with Crippen molar-refractivity contribution in [2.75, 3.05) is 19.7 Å². The number of aliphatic hydroxyl groups is 2. The Kier molecular flexibility index (Phi) is 5.95. The summed E-state index contributed by atoms with van der Waals surface area (Å²) in [5.74, 6) is 5.21. The van der Waals surface area contributed by atoms with Crippen LogP contribution in [0.3, 0.4) is 0 Å². The van der Waals surface area contributed by atoms with Gasteiger partial charge in [0.05, 0.1) is 11.2 Å². The first-order valence-corrected chi connectivity index (χ1v) is 7.00. The Hall–Kier alpha value is -1.83. The molecule has 0 heterocycles. The zero-order chi connectivity index (χ0) is 16.0. The molecular formula is C17H23NO3. The maximum atomic E-state index is 12.7. The van der Waals surface area contributed by atoms with Gasteiger partial charge in [0.25, 0.3) is 5.91 Å². The van der Waals surface area contributed by atoms with Crippen molar-refractivity contribution in [2.24, 2.45) is 0 Å². The summed E-state index contributed by atoms with van der Waals surface area (Å²) in [6.45, 7) is 7.64. The summed E-state index contributed by atoms with van der Waals surface area (Å²) in [4.78, 5) is 14.3. The van der Waals surface area contributed by atoms with Crippen molar-refractivity contribution in [1.29, 1.82) is 0 Å². The van der Waals surface area contributed by atoms with Gasteiger partial charge in [-0.1, -0.05) is 23.5 Å². The van der Waals surface area contributed by atoms with Gasteiger partial charge >= 0.3 is 0 Å². The second kappa shape index (κ2) is 7.26. The fraction of sp³-hybridized carbons (Fsp3) is 0.471. The van der Waals surface area contributed by atoms with Crippen LogP contribution in [-0.4, -0.2) is 46.3 Å². The highest BCUT2D eigenvalue weighted by molar-refractivity contribution is 5.97. The molecule has 0 aliphatic rings. The first kappa shape index (κ1) is 17.2. The maximum absolute atomic E-state index is 12.7. The van der Waals surface area contributed by atoms with Crippen molar-refractivity contribution in [2.45, 2.75) is 33.3 Å². The fourth-order valence-electron chi connectivity index (χ4n) is 2.04. The van der Waals surface area contributed by atoms with Crippen LogP contribution in [0.1, 0.15) is 42.3 Å². The second-order valence-electron chi connectivity index (χ2n) is 5.64. The number of aliphatic hydroxyl groups excluding tert-OH is 1. The van der Waals surface area contributed by atoms with Gasteiger partial charge in [0, 0.05) is 18.7 Å². The number of likely N-dealkylation sites (N-methyl/N-ethyl adjacent to an activating group) is 1. The van der Waals surface area contributed by atoms with Crippen LogP contribution in [0.15, 0.2) is 18.2 Å². The van der Waals surface area contributed by atoms with E-state index < -0.39 is 5.60 Å². The molecule has 0 unspecified atom stereocenters. The molecule has 4 heteroatoms. The summed E-state index contributed by atoms with van der Waals surface area (Å²) in [7, 11) is 0. The van der Waals surface area contributed by atoms with E-state index in [1.807, 2.05) is 19.9 Å². The topological polar surface area (TPSA) is 60.8 Å². The average molecular weight is 289 g/mol. The highest BCUT2D eigenvalue weighted by Crippen LogP contribution is 2.15. The van der Waals surface area contributed by atoms with E-state index >= 15 is 0 Å². The standard InChI is InChI=1S/C17H23NO3/c1-5-18(12-17(3,4)21)16(20)15-11-13(2)8-9-14(15)7-6-10-19/h8-9,11,19,21H,5,10,12H2,1-4H3. The number of aryl methyl sites for hydroxylation is 1. The largest absolute Gasteiger partial charge is 0.389 e. The molecular weight excluding hydrogens is 266 g/mol. The minimum absolute atomic E-state index is 0.162. The van der Waals surface area contributed by atoms with E-state index in [4.69, 9.17) is 5.11 Å². The Morgan fingerprint density at radius 2 is 2.05 bits per heavy atom. The molecule has 21 heavy (non-hydrogen) atoms. The zero-order valence-electron chi connectivity index (χ0n) is 13.1. The molecule has 0 bridgehead atoms. The Balaban J connectivity index is 3.17. The van der Waals surface area contributed by atoms with Gasteiger partial charge in [0.15, 0.2) is 0 Å². The van der Waals surface area contributed by atoms with Crippen LogP contribution in [0.25, 0.3) is 0 Å². The summed E-state index contributed by atoms with van der Waals surface area (Å²) in [5, 5.41) is 18.7. The molecule has 0 atom stereocenters. The number of hydrogen-bond acceptors (Lipinski definition) is 3. The molecule has 1 amide bonds. The van der Waals surface area contributed by atoms with Crippen molar-refractivity contribution in [3.63, 3.8) is 0 Å². The monoisotopic (exact) mass is 289 g/mol. The summed E-state index contributed by atoms with van der Waals surface area (Å²) in [6.07, 6.45) is 0. The Morgan fingerprint density at radius 3 is 2.57 bits per heavy atom. The smallest absolute Gasteiger partial charge is 0.255 e. The quantitative estimate of drug-likeness (QED) is 0.827. The summed E-state index contributed by atoms with van der Waals surface area (Å²) in [6, 6.07) is 5.45. The minimum Gasteiger partial charge on any atom is -0.389 e. The average Bonchev–Trinajstić information content (AvgIpc) is 2.41. The number of carbonyl (C=O) groups is 1. The first-order valence-electron chi connectivity index (χ1n) is 7.00. The van der Waals surface area contributed by atoms with Gasteiger partial charge in [0.2, 0.25) is 0 Å². The van der Waals surface area contributed by atoms with Crippen molar-refractivity contribution in [3.05, 3.63) is 34.9 Å². The highest BCUT2D eigenvalue weighted by atomic mass is 16.3. The van der Waals surface area contributed by atoms with E-state index in [-0.39, 0.29) is 19.1 Å². The SMILES string of the molecule is CCN(CC(C)(C)O)C(=O)c1cc(C)ccc1C#CCO. The molecule has 0 saturated carbocycles. The predicted molar refractivity (Wildman–Crippen MR) is 83.0 cm³/mol. The molecule has 114 valence electrons. The molecule has 4 nitrogen and oxygen atoms in total. The third-order valence-electron chi connectivity index (χ3n) is 2.95. The number of hydrogen-bond donors (Lipinski definition) is 2. The Labute approximate surface area is 126 Å². The normalized spacial score (nSPS) is 10.8. The molecule has 2 N–H and O–H groups in total. The van der Waals surface area contributed by atoms with Crippen molar-refractivity contribution in [1.82, 2.24) is 4.90 Å². The van der Waals surface area contributed by atoms with Gasteiger partial charge in [0.1, 0.15) is 6.61 Å². The molecule has 1 rings (SSSR count). The second-order valence-corrected chi connectivity index (χ2v) is 5.64. The fourth-order valence-corrected chi connectivity index (χ4v) is 2.04. The molecule has 1 aromatic rings. The lowest BCUT2D eigenvalue weighted by atomic mass is 10.0. The third kappa shape index (κ3) is 5.22. The molecule has 0 radical (unpaired) electrons. The minimum atomic E-state index is -0.952. The number of benzene rings is 1. The van der Waals surface area contributed by atoms with E-state index in [1.165, 1.54) is 0 Å². The Morgan fingerprint density at radius 1 is 1.38 bits per heavy atom. The number of nitrogens with zero attached hydrogens (tertiary/aromatic N) is 1. The van der Waals surface area contributed by atoms with Gasteiger partial charge in [-0.2, -0.15) is 0 Å². The third-order valence-corrected chi connectivity index (χ3v) is 2.95. The summed E-state index contributed by atoms with van der Waals surface area (Å²) < 4.78 is 0. The first-order chi connectivity index (χ1) is 9.78. The van der Waals surface area contributed by atoms with E-state index in [0.29, 0.717) is 17.7 Å². The highest BCUT2D eigenvalue weighted by Gasteiger charge is 2.23. The van der Waals surface area contributed by atoms with Crippen molar-refractivity contribution < 1.29 is 15.0 Å². The molecule has 0 aliphatic carbocycles. The van der Waals surface area contributed by atoms with E-state index in [1.54, 1.807) is 30.9 Å². The van der Waals surface area contributed by atoms with Gasteiger partial charge in [-0.05, 0) is 39.8 Å². The van der Waals surface area contributed by atoms with Gasteiger partial charge < -0.3 is 15.1 Å². The van der Waals surface area contributed by atoms with Crippen LogP contribution in [0.5, 0.6) is 0 Å². The van der Waals surface area contributed by atoms with Crippen LogP contribution >= 0.6 is 0 Å². The lowest BCUT2D eigenvalue weighted by molar-refractivity contribution is 0.0314.